The topological polar surface area (TPSA) is 68.0 Å². The molecule has 0 saturated carbocycles. The van der Waals surface area contributed by atoms with E-state index in [1.165, 1.54) is 11.3 Å². The molecular formula is C14H9BrClN3OS. The third-order valence-electron chi connectivity index (χ3n) is 2.89. The van der Waals surface area contributed by atoms with Crippen LogP contribution in [0.4, 0.5) is 11.4 Å². The van der Waals surface area contributed by atoms with Crippen LogP contribution in [0, 0.1) is 0 Å². The van der Waals surface area contributed by atoms with Crippen molar-refractivity contribution in [1.82, 2.24) is 4.98 Å². The molecule has 0 aliphatic rings. The number of fused-ring (bicyclic) bond motifs is 1. The van der Waals surface area contributed by atoms with Crippen LogP contribution in [-0.2, 0) is 0 Å². The van der Waals surface area contributed by atoms with Crippen LogP contribution < -0.4 is 11.1 Å². The molecule has 0 unspecified atom stereocenters. The summed E-state index contributed by atoms with van der Waals surface area (Å²) in [4.78, 5) is 17.7. The van der Waals surface area contributed by atoms with E-state index in [1.54, 1.807) is 30.5 Å². The van der Waals surface area contributed by atoms with Gasteiger partial charge < -0.3 is 11.1 Å². The van der Waals surface area contributed by atoms with E-state index in [9.17, 15) is 4.79 Å². The average molecular weight is 383 g/mol. The minimum Gasteiger partial charge on any atom is -0.397 e. The zero-order valence-electron chi connectivity index (χ0n) is 10.6. The van der Waals surface area contributed by atoms with Crippen molar-refractivity contribution in [2.24, 2.45) is 0 Å². The number of halogens is 2. The van der Waals surface area contributed by atoms with Crippen LogP contribution in [0.3, 0.4) is 0 Å². The predicted molar refractivity (Wildman–Crippen MR) is 91.1 cm³/mol. The van der Waals surface area contributed by atoms with Gasteiger partial charge in [0.1, 0.15) is 9.71 Å². The number of pyridine rings is 1. The number of rotatable bonds is 2. The first-order valence-electron chi connectivity index (χ1n) is 5.95. The summed E-state index contributed by atoms with van der Waals surface area (Å²) in [7, 11) is 0. The second kappa shape index (κ2) is 5.63. The van der Waals surface area contributed by atoms with Crippen molar-refractivity contribution < 1.29 is 4.79 Å². The van der Waals surface area contributed by atoms with Crippen LogP contribution >= 0.6 is 38.9 Å². The molecule has 0 spiro atoms. The Morgan fingerprint density at radius 2 is 2.19 bits per heavy atom. The lowest BCUT2D eigenvalue weighted by molar-refractivity contribution is 0.103. The molecule has 0 aliphatic carbocycles. The molecule has 0 aliphatic heterocycles. The van der Waals surface area contributed by atoms with Crippen molar-refractivity contribution in [3.63, 3.8) is 0 Å². The van der Waals surface area contributed by atoms with Gasteiger partial charge in [0, 0.05) is 16.1 Å². The first kappa shape index (κ1) is 14.3. The zero-order valence-corrected chi connectivity index (χ0v) is 13.7. The highest BCUT2D eigenvalue weighted by Crippen LogP contribution is 2.33. The van der Waals surface area contributed by atoms with Gasteiger partial charge in [0.05, 0.1) is 16.4 Å². The number of anilines is 2. The zero-order chi connectivity index (χ0) is 15.0. The van der Waals surface area contributed by atoms with Gasteiger partial charge >= 0.3 is 0 Å². The Balaban J connectivity index is 1.95. The number of benzene rings is 1. The number of carbonyl (C=O) groups excluding carboxylic acids is 1. The van der Waals surface area contributed by atoms with Crippen LogP contribution in [0.15, 0.2) is 41.0 Å². The quantitative estimate of drug-likeness (QED) is 0.683. The smallest absolute Gasteiger partial charge is 0.267 e. The Labute approximate surface area is 138 Å². The normalized spacial score (nSPS) is 10.8. The molecule has 1 amide bonds. The van der Waals surface area contributed by atoms with E-state index in [0.29, 0.717) is 21.3 Å². The Hall–Kier alpha value is -1.63. The molecule has 3 rings (SSSR count). The first-order valence-corrected chi connectivity index (χ1v) is 7.94. The van der Waals surface area contributed by atoms with Gasteiger partial charge in [-0.3, -0.25) is 4.79 Å². The fourth-order valence-electron chi connectivity index (χ4n) is 1.89. The molecule has 106 valence electrons. The minimum absolute atomic E-state index is 0.292. The van der Waals surface area contributed by atoms with Crippen molar-refractivity contribution in [3.05, 3.63) is 50.9 Å². The van der Waals surface area contributed by atoms with Crippen molar-refractivity contribution in [1.29, 1.82) is 0 Å². The van der Waals surface area contributed by atoms with Gasteiger partial charge in [-0.15, -0.1) is 11.3 Å². The van der Waals surface area contributed by atoms with Gasteiger partial charge in [-0.05, 0) is 30.3 Å². The summed E-state index contributed by atoms with van der Waals surface area (Å²) in [6, 6.07) is 8.88. The molecule has 3 aromatic rings. The average Bonchev–Trinajstić information content (AvgIpc) is 2.80. The standard InChI is InChI=1S/C14H9BrClN3OS/c15-7-3-4-10(9(16)6-7)19-13(20)12-11(17)8-2-1-5-18-14(8)21-12/h1-6H,17H2,(H,19,20). The summed E-state index contributed by atoms with van der Waals surface area (Å²) >= 11 is 10.7. The summed E-state index contributed by atoms with van der Waals surface area (Å²) < 4.78 is 0.844. The third-order valence-corrected chi connectivity index (χ3v) is 4.82. The lowest BCUT2D eigenvalue weighted by Crippen LogP contribution is -2.12. The van der Waals surface area contributed by atoms with Crippen LogP contribution in [0.2, 0.25) is 5.02 Å². The monoisotopic (exact) mass is 381 g/mol. The highest BCUT2D eigenvalue weighted by atomic mass is 79.9. The van der Waals surface area contributed by atoms with Crippen molar-refractivity contribution in [3.8, 4) is 0 Å². The molecule has 7 heteroatoms. The number of nitrogens with two attached hydrogens (primary N) is 1. The maximum Gasteiger partial charge on any atom is 0.267 e. The molecule has 3 N–H and O–H groups in total. The number of nitrogens with zero attached hydrogens (tertiary/aromatic N) is 1. The lowest BCUT2D eigenvalue weighted by atomic mass is 10.2. The Bertz CT molecular complexity index is 849. The van der Waals surface area contributed by atoms with E-state index in [4.69, 9.17) is 17.3 Å². The maximum absolute atomic E-state index is 12.4. The van der Waals surface area contributed by atoms with Crippen LogP contribution in [0.25, 0.3) is 10.2 Å². The SMILES string of the molecule is Nc1c(C(=O)Nc2ccc(Br)cc2Cl)sc2ncccc12. The Morgan fingerprint density at radius 3 is 2.90 bits per heavy atom. The van der Waals surface area contributed by atoms with E-state index in [0.717, 1.165) is 14.7 Å². The highest BCUT2D eigenvalue weighted by Gasteiger charge is 2.17. The number of nitrogen functional groups attached to an aromatic ring is 1. The fraction of sp³-hybridized carbons (Fsp3) is 0. The van der Waals surface area contributed by atoms with E-state index in [-0.39, 0.29) is 5.91 Å². The number of carbonyl (C=O) groups is 1. The van der Waals surface area contributed by atoms with Crippen LogP contribution in [-0.4, -0.2) is 10.9 Å². The van der Waals surface area contributed by atoms with E-state index >= 15 is 0 Å². The molecular weight excluding hydrogens is 374 g/mol. The van der Waals surface area contributed by atoms with Crippen molar-refractivity contribution in [2.45, 2.75) is 0 Å². The molecule has 0 atom stereocenters. The lowest BCUT2D eigenvalue weighted by Gasteiger charge is -2.06. The van der Waals surface area contributed by atoms with Gasteiger partial charge in [0.25, 0.3) is 5.91 Å². The van der Waals surface area contributed by atoms with Crippen molar-refractivity contribution >= 4 is 66.4 Å². The fourth-order valence-corrected chi connectivity index (χ4v) is 3.57. The molecule has 4 nitrogen and oxygen atoms in total. The molecule has 0 saturated heterocycles. The number of hydrogen-bond donors (Lipinski definition) is 2. The summed E-state index contributed by atoms with van der Waals surface area (Å²) in [5, 5.41) is 4.01. The number of nitrogens with one attached hydrogen (secondary N) is 1. The Morgan fingerprint density at radius 1 is 1.38 bits per heavy atom. The van der Waals surface area contributed by atoms with Crippen LogP contribution in [0.5, 0.6) is 0 Å². The third kappa shape index (κ3) is 2.74. The highest BCUT2D eigenvalue weighted by molar-refractivity contribution is 9.10. The van der Waals surface area contributed by atoms with Gasteiger partial charge in [-0.25, -0.2) is 4.98 Å². The van der Waals surface area contributed by atoms with Gasteiger partial charge in [0.15, 0.2) is 0 Å². The van der Waals surface area contributed by atoms with E-state index < -0.39 is 0 Å². The van der Waals surface area contributed by atoms with E-state index in [1.807, 2.05) is 6.07 Å². The summed E-state index contributed by atoms with van der Waals surface area (Å²) in [6.45, 7) is 0. The summed E-state index contributed by atoms with van der Waals surface area (Å²) in [5.41, 5.74) is 7.00. The predicted octanol–water partition coefficient (Wildman–Crippen LogP) is 4.55. The van der Waals surface area contributed by atoms with Crippen molar-refractivity contribution in [2.75, 3.05) is 11.1 Å². The van der Waals surface area contributed by atoms with Gasteiger partial charge in [-0.1, -0.05) is 27.5 Å². The number of hydrogen-bond acceptors (Lipinski definition) is 4. The second-order valence-electron chi connectivity index (χ2n) is 4.28. The van der Waals surface area contributed by atoms with Gasteiger partial charge in [0.2, 0.25) is 0 Å². The van der Waals surface area contributed by atoms with Crippen LogP contribution in [0.1, 0.15) is 9.67 Å². The first-order chi connectivity index (χ1) is 10.1. The largest absolute Gasteiger partial charge is 0.397 e. The molecule has 0 bridgehead atoms. The summed E-state index contributed by atoms with van der Waals surface area (Å²) in [6.07, 6.45) is 1.67. The molecule has 0 radical (unpaired) electrons. The molecule has 2 heterocycles. The van der Waals surface area contributed by atoms with E-state index in [2.05, 4.69) is 26.2 Å². The minimum atomic E-state index is -0.292. The molecule has 2 aromatic heterocycles. The number of thiophene rings is 1. The molecule has 1 aromatic carbocycles. The molecule has 0 fully saturated rings. The molecule has 21 heavy (non-hydrogen) atoms. The Kier molecular flexibility index (Phi) is 3.84. The second-order valence-corrected chi connectivity index (χ2v) is 6.60. The van der Waals surface area contributed by atoms with Gasteiger partial charge in [-0.2, -0.15) is 0 Å². The maximum atomic E-state index is 12.4. The summed E-state index contributed by atoms with van der Waals surface area (Å²) in [5.74, 6) is -0.292. The number of aromatic nitrogens is 1. The number of amides is 1.